The van der Waals surface area contributed by atoms with Gasteiger partial charge in [0.1, 0.15) is 5.69 Å². The normalized spacial score (nSPS) is 15.6. The molecule has 0 saturated heterocycles. The minimum Gasteiger partial charge on any atom is -0.481 e. The molecular weight excluding hydrogens is 469 g/mol. The zero-order valence-corrected chi connectivity index (χ0v) is 19.0. The molecule has 0 bridgehead atoms. The molecule has 3 aromatic rings. The van der Waals surface area contributed by atoms with Crippen molar-refractivity contribution < 1.29 is 24.6 Å². The molecule has 0 spiro atoms. The summed E-state index contributed by atoms with van der Waals surface area (Å²) in [5, 5.41) is 20.5. The largest absolute Gasteiger partial charge is 0.481 e. The number of benzene rings is 2. The Bertz CT molecular complexity index is 1270. The lowest BCUT2D eigenvalue weighted by atomic mass is 9.72. The number of aryl methyl sites for hydroxylation is 1. The fraction of sp³-hybridized carbons (Fsp3) is 0.261. The van der Waals surface area contributed by atoms with Gasteiger partial charge >= 0.3 is 11.9 Å². The van der Waals surface area contributed by atoms with Crippen LogP contribution in [0.2, 0.25) is 5.02 Å². The highest BCUT2D eigenvalue weighted by atomic mass is 35.5. The lowest BCUT2D eigenvalue weighted by molar-refractivity contribution is -0.136. The summed E-state index contributed by atoms with van der Waals surface area (Å²) in [6.45, 7) is 0.216. The van der Waals surface area contributed by atoms with Gasteiger partial charge in [-0.3, -0.25) is 9.59 Å². The fourth-order valence-electron chi connectivity index (χ4n) is 4.91. The molecule has 174 valence electrons. The molecule has 2 aromatic carbocycles. The third-order valence-corrected chi connectivity index (χ3v) is 6.34. The molecule has 1 aliphatic rings. The molecule has 2 unspecified atom stereocenters. The van der Waals surface area contributed by atoms with Crippen molar-refractivity contribution in [3.63, 3.8) is 0 Å². The number of nitrogens with two attached hydrogens (primary N) is 2. The van der Waals surface area contributed by atoms with Crippen molar-refractivity contribution in [2.75, 3.05) is 0 Å². The van der Waals surface area contributed by atoms with Crippen LogP contribution in [0, 0.1) is 0 Å². The van der Waals surface area contributed by atoms with E-state index in [-0.39, 0.29) is 31.1 Å². The fourth-order valence-corrected chi connectivity index (χ4v) is 5.15. The van der Waals surface area contributed by atoms with E-state index in [1.54, 1.807) is 30.3 Å². The number of aromatic amines is 1. The number of amides is 1. The number of carboxylic acid groups (broad SMARTS) is 2. The van der Waals surface area contributed by atoms with E-state index in [1.165, 1.54) is 0 Å². The molecule has 8 nitrogen and oxygen atoms in total. The number of nitrogens with one attached hydrogen (secondary N) is 1. The summed E-state index contributed by atoms with van der Waals surface area (Å²) in [4.78, 5) is 39.2. The molecule has 1 heterocycles. The average molecular weight is 492 g/mol. The van der Waals surface area contributed by atoms with Crippen LogP contribution in [-0.4, -0.2) is 33.0 Å². The Morgan fingerprint density at radius 2 is 1.91 bits per heavy atom. The Morgan fingerprint density at radius 3 is 2.52 bits per heavy atom. The van der Waals surface area contributed by atoms with Gasteiger partial charge in [-0.1, -0.05) is 29.8 Å². The van der Waals surface area contributed by atoms with Crippen molar-refractivity contribution in [3.8, 4) is 0 Å². The lowest BCUT2D eigenvalue weighted by Gasteiger charge is -2.31. The van der Waals surface area contributed by atoms with Crippen LogP contribution in [0.5, 0.6) is 0 Å². The third kappa shape index (κ3) is 4.42. The maximum Gasteiger partial charge on any atom is 0.352 e. The highest BCUT2D eigenvalue weighted by Crippen LogP contribution is 2.47. The van der Waals surface area contributed by atoms with Crippen molar-refractivity contribution in [2.45, 2.75) is 37.6 Å². The van der Waals surface area contributed by atoms with Crippen LogP contribution in [0.15, 0.2) is 30.3 Å². The van der Waals surface area contributed by atoms with E-state index in [9.17, 15) is 24.6 Å². The number of carboxylic acids is 2. The Hall–Kier alpha value is -3.07. The Morgan fingerprint density at radius 1 is 1.18 bits per heavy atom. The molecule has 1 amide bonds. The number of carbonyl (C=O) groups is 3. The SMILES string of the molecule is Cl.NCc1ccc(C(C(N)=O)C2CCc3cc(Cl)cc4[nH]c(C(=O)O)c2c34)c(CC(=O)O)c1. The maximum atomic E-state index is 12.8. The second-order valence-corrected chi connectivity index (χ2v) is 8.48. The van der Waals surface area contributed by atoms with Crippen molar-refractivity contribution in [1.82, 2.24) is 4.98 Å². The van der Waals surface area contributed by atoms with Crippen LogP contribution in [0.3, 0.4) is 0 Å². The van der Waals surface area contributed by atoms with Crippen LogP contribution in [-0.2, 0) is 29.0 Å². The third-order valence-electron chi connectivity index (χ3n) is 6.12. The summed E-state index contributed by atoms with van der Waals surface area (Å²) < 4.78 is 0. The van der Waals surface area contributed by atoms with Gasteiger partial charge in [-0.05, 0) is 52.8 Å². The van der Waals surface area contributed by atoms with Gasteiger partial charge < -0.3 is 26.7 Å². The first-order valence-electron chi connectivity index (χ1n) is 10.1. The summed E-state index contributed by atoms with van der Waals surface area (Å²) in [7, 11) is 0. The number of H-pyrrole nitrogens is 1. The zero-order valence-electron chi connectivity index (χ0n) is 17.4. The lowest BCUT2D eigenvalue weighted by Crippen LogP contribution is -2.30. The number of aromatic carboxylic acids is 1. The van der Waals surface area contributed by atoms with Gasteiger partial charge in [-0.25, -0.2) is 4.79 Å². The van der Waals surface area contributed by atoms with Crippen LogP contribution in [0.4, 0.5) is 0 Å². The molecular formula is C23H23Cl2N3O5. The van der Waals surface area contributed by atoms with Gasteiger partial charge in [0.15, 0.2) is 0 Å². The minimum atomic E-state index is -1.15. The molecule has 10 heteroatoms. The summed E-state index contributed by atoms with van der Waals surface area (Å²) in [5.41, 5.74) is 15.2. The number of carbonyl (C=O) groups excluding carboxylic acids is 1. The van der Waals surface area contributed by atoms with E-state index in [0.29, 0.717) is 40.1 Å². The highest BCUT2D eigenvalue weighted by molar-refractivity contribution is 6.31. The summed E-state index contributed by atoms with van der Waals surface area (Å²) in [6.07, 6.45) is 0.726. The van der Waals surface area contributed by atoms with Gasteiger partial charge in [0.2, 0.25) is 5.91 Å². The second kappa shape index (κ2) is 9.43. The number of aliphatic carboxylic acids is 1. The molecule has 1 aliphatic carbocycles. The van der Waals surface area contributed by atoms with E-state index in [2.05, 4.69) is 4.98 Å². The Kier molecular flexibility index (Phi) is 7.02. The molecule has 0 radical (unpaired) electrons. The number of aromatic nitrogens is 1. The van der Waals surface area contributed by atoms with Crippen molar-refractivity contribution in [1.29, 1.82) is 0 Å². The number of hydrogen-bond acceptors (Lipinski definition) is 4. The molecule has 2 atom stereocenters. The van der Waals surface area contributed by atoms with Crippen LogP contribution >= 0.6 is 24.0 Å². The first-order chi connectivity index (χ1) is 15.2. The van der Waals surface area contributed by atoms with Crippen LogP contribution < -0.4 is 11.5 Å². The minimum absolute atomic E-state index is 0. The van der Waals surface area contributed by atoms with E-state index in [0.717, 1.165) is 16.5 Å². The van der Waals surface area contributed by atoms with Gasteiger partial charge in [-0.2, -0.15) is 0 Å². The average Bonchev–Trinajstić information content (AvgIpc) is 3.10. The van der Waals surface area contributed by atoms with Gasteiger partial charge in [0.25, 0.3) is 0 Å². The first kappa shape index (κ1) is 24.6. The molecule has 0 saturated carbocycles. The highest BCUT2D eigenvalue weighted by Gasteiger charge is 2.38. The number of hydrogen-bond donors (Lipinski definition) is 5. The molecule has 7 N–H and O–H groups in total. The molecule has 0 aliphatic heterocycles. The smallest absolute Gasteiger partial charge is 0.352 e. The van der Waals surface area contributed by atoms with E-state index in [4.69, 9.17) is 23.1 Å². The van der Waals surface area contributed by atoms with Gasteiger partial charge in [0, 0.05) is 28.4 Å². The van der Waals surface area contributed by atoms with E-state index in [1.807, 2.05) is 0 Å². The van der Waals surface area contributed by atoms with Crippen molar-refractivity contribution in [2.24, 2.45) is 11.5 Å². The molecule has 1 aromatic heterocycles. The van der Waals surface area contributed by atoms with Gasteiger partial charge in [-0.15, -0.1) is 12.4 Å². The first-order valence-corrected chi connectivity index (χ1v) is 10.5. The predicted octanol–water partition coefficient (Wildman–Crippen LogP) is 3.33. The van der Waals surface area contributed by atoms with E-state index >= 15 is 0 Å². The summed E-state index contributed by atoms with van der Waals surface area (Å²) in [6, 6.07) is 8.54. The summed E-state index contributed by atoms with van der Waals surface area (Å²) >= 11 is 6.20. The van der Waals surface area contributed by atoms with Gasteiger partial charge in [0.05, 0.1) is 12.3 Å². The predicted molar refractivity (Wildman–Crippen MR) is 126 cm³/mol. The van der Waals surface area contributed by atoms with Crippen molar-refractivity contribution in [3.05, 3.63) is 68.9 Å². The van der Waals surface area contributed by atoms with E-state index < -0.39 is 29.7 Å². The van der Waals surface area contributed by atoms with Crippen LogP contribution in [0.25, 0.3) is 10.9 Å². The van der Waals surface area contributed by atoms with Crippen LogP contribution in [0.1, 0.15) is 56.6 Å². The number of rotatable bonds is 7. The maximum absolute atomic E-state index is 12.8. The summed E-state index contributed by atoms with van der Waals surface area (Å²) in [5.74, 6) is -4.31. The molecule has 33 heavy (non-hydrogen) atoms. The van der Waals surface area contributed by atoms with Crippen molar-refractivity contribution >= 4 is 52.8 Å². The number of primary amides is 1. The molecule has 0 fully saturated rings. The zero-order chi connectivity index (χ0) is 23.2. The Labute approximate surface area is 200 Å². The number of halogens is 2. The topological polar surface area (TPSA) is 160 Å². The molecule has 4 rings (SSSR count). The second-order valence-electron chi connectivity index (χ2n) is 8.04. The quantitative estimate of drug-likeness (QED) is 0.340. The monoisotopic (exact) mass is 491 g/mol. The Balaban J connectivity index is 0.00000306. The standard InChI is InChI=1S/C23H22ClN3O5.ClH/c24-13-6-11-2-4-15(20-18(11)16(8-13)27-21(20)23(31)32)19(22(26)30)14-3-1-10(9-25)5-12(14)7-17(28)29;/h1,3,5-6,8,15,19,27H,2,4,7,9,25H2,(H2,26,30)(H,28,29)(H,31,32);1H.